The van der Waals surface area contributed by atoms with E-state index < -0.39 is 11.9 Å². The number of carboxylic acids is 1. The molecule has 1 aliphatic carbocycles. The van der Waals surface area contributed by atoms with Crippen molar-refractivity contribution >= 4 is 11.9 Å². The number of carboxylic acid groups (broad SMARTS) is 1. The van der Waals surface area contributed by atoms with Gasteiger partial charge < -0.3 is 10.0 Å². The Kier molecular flexibility index (Phi) is 2.24. The van der Waals surface area contributed by atoms with Gasteiger partial charge in [0.15, 0.2) is 0 Å². The Hall–Kier alpha value is -1.06. The first-order chi connectivity index (χ1) is 6.96. The number of carbonyl (C=O) groups excluding carboxylic acids is 1. The summed E-state index contributed by atoms with van der Waals surface area (Å²) >= 11 is 0. The van der Waals surface area contributed by atoms with Crippen molar-refractivity contribution in [3.8, 4) is 0 Å². The van der Waals surface area contributed by atoms with E-state index in [1.165, 1.54) is 0 Å². The highest BCUT2D eigenvalue weighted by Crippen LogP contribution is 2.52. The predicted octanol–water partition coefficient (Wildman–Crippen LogP) is 1.11. The third-order valence-electron chi connectivity index (χ3n) is 3.39. The average Bonchev–Trinajstić information content (AvgIpc) is 2.84. The number of hydrogen-bond acceptors (Lipinski definition) is 2. The van der Waals surface area contributed by atoms with Crippen LogP contribution in [0.15, 0.2) is 0 Å². The Balaban J connectivity index is 2.16. The Labute approximate surface area is 89.3 Å². The third-order valence-corrected chi connectivity index (χ3v) is 3.39. The quantitative estimate of drug-likeness (QED) is 0.711. The zero-order chi connectivity index (χ0) is 11.2. The van der Waals surface area contributed by atoms with Crippen molar-refractivity contribution in [2.24, 2.45) is 11.8 Å². The summed E-state index contributed by atoms with van der Waals surface area (Å²) in [5.74, 6) is -1.52. The highest BCUT2D eigenvalue weighted by atomic mass is 16.4. The van der Waals surface area contributed by atoms with Gasteiger partial charge >= 0.3 is 5.97 Å². The Morgan fingerprint density at radius 2 is 2.20 bits per heavy atom. The van der Waals surface area contributed by atoms with Crippen molar-refractivity contribution in [3.63, 3.8) is 0 Å². The van der Waals surface area contributed by atoms with Gasteiger partial charge in [-0.25, -0.2) is 0 Å². The van der Waals surface area contributed by atoms with Gasteiger partial charge in [0.25, 0.3) is 0 Å². The van der Waals surface area contributed by atoms with E-state index in [1.807, 2.05) is 4.90 Å². The maximum absolute atomic E-state index is 11.9. The summed E-state index contributed by atoms with van der Waals surface area (Å²) in [7, 11) is 0. The average molecular weight is 211 g/mol. The Morgan fingerprint density at radius 3 is 2.60 bits per heavy atom. The van der Waals surface area contributed by atoms with Crippen molar-refractivity contribution in [1.82, 2.24) is 4.90 Å². The zero-order valence-corrected chi connectivity index (χ0v) is 9.19. The van der Waals surface area contributed by atoms with Gasteiger partial charge in [0.1, 0.15) is 5.92 Å². The van der Waals surface area contributed by atoms with Crippen LogP contribution < -0.4 is 0 Å². The molecule has 0 bridgehead atoms. The third kappa shape index (κ3) is 1.62. The molecule has 0 aromatic carbocycles. The SMILES string of the molecule is CC(C)CN1C(=O)C(C(=O)O)CC12CC2. The van der Waals surface area contributed by atoms with Gasteiger partial charge in [-0.1, -0.05) is 13.8 Å². The second-order valence-electron chi connectivity index (χ2n) is 5.16. The number of likely N-dealkylation sites (tertiary alicyclic amines) is 1. The summed E-state index contributed by atoms with van der Waals surface area (Å²) in [5.41, 5.74) is -0.0790. The predicted molar refractivity (Wildman–Crippen MR) is 54.3 cm³/mol. The number of carbonyl (C=O) groups is 2. The van der Waals surface area contributed by atoms with Crippen LogP contribution >= 0.6 is 0 Å². The molecule has 1 spiro atoms. The molecule has 0 aromatic heterocycles. The first kappa shape index (κ1) is 10.5. The molecular weight excluding hydrogens is 194 g/mol. The van der Waals surface area contributed by atoms with Crippen LogP contribution in [0, 0.1) is 11.8 Å². The van der Waals surface area contributed by atoms with Crippen LogP contribution in [0.5, 0.6) is 0 Å². The van der Waals surface area contributed by atoms with Gasteiger partial charge in [-0.3, -0.25) is 9.59 Å². The summed E-state index contributed by atoms with van der Waals surface area (Å²) in [6.07, 6.45) is 2.48. The topological polar surface area (TPSA) is 57.6 Å². The molecule has 1 amide bonds. The fourth-order valence-corrected chi connectivity index (χ4v) is 2.46. The molecular formula is C11H17NO3. The first-order valence-electron chi connectivity index (χ1n) is 5.50. The maximum atomic E-state index is 11.9. The molecule has 0 radical (unpaired) electrons. The van der Waals surface area contributed by atoms with E-state index >= 15 is 0 Å². The van der Waals surface area contributed by atoms with Crippen molar-refractivity contribution in [2.45, 2.75) is 38.6 Å². The van der Waals surface area contributed by atoms with Gasteiger partial charge in [-0.05, 0) is 25.2 Å². The molecule has 4 heteroatoms. The molecule has 1 unspecified atom stereocenters. The molecule has 1 saturated carbocycles. The first-order valence-corrected chi connectivity index (χ1v) is 5.50. The minimum absolute atomic E-state index is 0.0790. The van der Waals surface area contributed by atoms with E-state index in [2.05, 4.69) is 13.8 Å². The summed E-state index contributed by atoms with van der Waals surface area (Å²) in [6.45, 7) is 4.80. The molecule has 1 aliphatic heterocycles. The van der Waals surface area contributed by atoms with Crippen molar-refractivity contribution in [3.05, 3.63) is 0 Å². The van der Waals surface area contributed by atoms with Crippen LogP contribution in [-0.4, -0.2) is 34.0 Å². The second kappa shape index (κ2) is 3.22. The van der Waals surface area contributed by atoms with Gasteiger partial charge in [0.2, 0.25) is 5.91 Å². The van der Waals surface area contributed by atoms with E-state index in [-0.39, 0.29) is 11.4 Å². The lowest BCUT2D eigenvalue weighted by molar-refractivity contribution is -0.147. The largest absolute Gasteiger partial charge is 0.481 e. The lowest BCUT2D eigenvalue weighted by Gasteiger charge is -2.26. The standard InChI is InChI=1S/C11H17NO3/c1-7(2)6-12-9(13)8(10(14)15)5-11(12)3-4-11/h7-8H,3-6H2,1-2H3,(H,14,15). The Morgan fingerprint density at radius 1 is 1.60 bits per heavy atom. The van der Waals surface area contributed by atoms with Gasteiger partial charge in [0, 0.05) is 12.1 Å². The fourth-order valence-electron chi connectivity index (χ4n) is 2.46. The number of rotatable bonds is 3. The normalized spacial score (nSPS) is 27.8. The highest BCUT2D eigenvalue weighted by molar-refractivity contribution is 5.99. The monoisotopic (exact) mass is 211 g/mol. The lowest BCUT2D eigenvalue weighted by Crippen LogP contribution is -2.38. The molecule has 0 aromatic rings. The van der Waals surface area contributed by atoms with Crippen LogP contribution in [0.4, 0.5) is 0 Å². The summed E-state index contributed by atoms with van der Waals surface area (Å²) < 4.78 is 0. The van der Waals surface area contributed by atoms with Gasteiger partial charge in [0.05, 0.1) is 0 Å². The molecule has 1 saturated heterocycles. The number of aliphatic carboxylic acids is 1. The van der Waals surface area contributed by atoms with Crippen molar-refractivity contribution < 1.29 is 14.7 Å². The fraction of sp³-hybridized carbons (Fsp3) is 0.818. The molecule has 4 nitrogen and oxygen atoms in total. The summed E-state index contributed by atoms with van der Waals surface area (Å²) in [6, 6.07) is 0. The summed E-state index contributed by atoms with van der Waals surface area (Å²) in [4.78, 5) is 24.6. The number of nitrogens with zero attached hydrogens (tertiary/aromatic N) is 1. The van der Waals surface area contributed by atoms with E-state index in [4.69, 9.17) is 5.11 Å². The minimum atomic E-state index is -0.961. The second-order valence-corrected chi connectivity index (χ2v) is 5.16. The molecule has 15 heavy (non-hydrogen) atoms. The molecule has 2 fully saturated rings. The van der Waals surface area contributed by atoms with Gasteiger partial charge in [-0.2, -0.15) is 0 Å². The van der Waals surface area contributed by atoms with Gasteiger partial charge in [-0.15, -0.1) is 0 Å². The van der Waals surface area contributed by atoms with Crippen LogP contribution in [-0.2, 0) is 9.59 Å². The van der Waals surface area contributed by atoms with E-state index in [1.54, 1.807) is 0 Å². The van der Waals surface area contributed by atoms with Crippen LogP contribution in [0.2, 0.25) is 0 Å². The molecule has 84 valence electrons. The molecule has 1 atom stereocenters. The molecule has 1 heterocycles. The number of amides is 1. The van der Waals surface area contributed by atoms with Crippen LogP contribution in [0.3, 0.4) is 0 Å². The smallest absolute Gasteiger partial charge is 0.316 e. The molecule has 2 aliphatic rings. The van der Waals surface area contributed by atoms with Crippen LogP contribution in [0.25, 0.3) is 0 Å². The highest BCUT2D eigenvalue weighted by Gasteiger charge is 2.59. The molecule has 1 N–H and O–H groups in total. The minimum Gasteiger partial charge on any atom is -0.481 e. The molecule has 2 rings (SSSR count). The maximum Gasteiger partial charge on any atom is 0.316 e. The van der Waals surface area contributed by atoms with Crippen molar-refractivity contribution in [2.75, 3.05) is 6.54 Å². The lowest BCUT2D eigenvalue weighted by atomic mass is 10.0. The zero-order valence-electron chi connectivity index (χ0n) is 9.19. The number of hydrogen-bond donors (Lipinski definition) is 1. The van der Waals surface area contributed by atoms with Crippen molar-refractivity contribution in [1.29, 1.82) is 0 Å². The van der Waals surface area contributed by atoms with E-state index in [0.717, 1.165) is 12.8 Å². The Bertz CT molecular complexity index is 307. The van der Waals surface area contributed by atoms with Crippen LogP contribution in [0.1, 0.15) is 33.1 Å². The van der Waals surface area contributed by atoms with E-state index in [0.29, 0.717) is 18.9 Å². The summed E-state index contributed by atoms with van der Waals surface area (Å²) in [5, 5.41) is 8.95. The van der Waals surface area contributed by atoms with E-state index in [9.17, 15) is 9.59 Å².